The van der Waals surface area contributed by atoms with Crippen LogP contribution >= 0.6 is 0 Å². The van der Waals surface area contributed by atoms with E-state index in [0.717, 1.165) is 27.7 Å². The highest BCUT2D eigenvalue weighted by Gasteiger charge is 2.14. The Morgan fingerprint density at radius 3 is 2.40 bits per heavy atom. The summed E-state index contributed by atoms with van der Waals surface area (Å²) in [5.74, 6) is -1.55. The van der Waals surface area contributed by atoms with E-state index in [1.165, 1.54) is 12.2 Å². The van der Waals surface area contributed by atoms with Crippen molar-refractivity contribution in [1.82, 2.24) is 4.57 Å². The minimum absolute atomic E-state index is 0.0402. The van der Waals surface area contributed by atoms with Crippen LogP contribution in [0.2, 0.25) is 0 Å². The first kappa shape index (κ1) is 22.4. The summed E-state index contributed by atoms with van der Waals surface area (Å²) in [6, 6.07) is 5.40. The average Bonchev–Trinajstić information content (AvgIpc) is 2.93. The van der Waals surface area contributed by atoms with Crippen molar-refractivity contribution in [3.05, 3.63) is 108 Å². The molecule has 2 rings (SSSR count). The number of hydrogen-bond donors (Lipinski definition) is 2. The fourth-order valence-electron chi connectivity index (χ4n) is 3.17. The zero-order valence-corrected chi connectivity index (χ0v) is 17.4. The topological polar surface area (TPSA) is 85.3 Å². The maximum absolute atomic E-state index is 11.5. The number of primary amides is 1. The number of nitrogens with two attached hydrogens (primary N) is 1. The molecule has 1 aromatic carbocycles. The highest BCUT2D eigenvalue weighted by molar-refractivity contribution is 5.98. The van der Waals surface area contributed by atoms with E-state index in [9.17, 15) is 14.7 Å². The highest BCUT2D eigenvalue weighted by Crippen LogP contribution is 2.27. The van der Waals surface area contributed by atoms with Gasteiger partial charge in [0, 0.05) is 28.7 Å². The first-order valence-corrected chi connectivity index (χ1v) is 9.28. The van der Waals surface area contributed by atoms with E-state index >= 15 is 0 Å². The van der Waals surface area contributed by atoms with Crippen LogP contribution in [0.1, 0.15) is 21.6 Å². The van der Waals surface area contributed by atoms with E-state index < -0.39 is 11.9 Å². The Labute approximate surface area is 176 Å². The van der Waals surface area contributed by atoms with Crippen molar-refractivity contribution in [2.45, 2.75) is 20.4 Å². The van der Waals surface area contributed by atoms with Gasteiger partial charge in [0.1, 0.15) is 0 Å². The van der Waals surface area contributed by atoms with Gasteiger partial charge in [-0.15, -0.1) is 0 Å². The van der Waals surface area contributed by atoms with Gasteiger partial charge in [-0.1, -0.05) is 44.5 Å². The number of allylic oxidation sites excluding steroid dienone is 6. The molecule has 5 nitrogen and oxygen atoms in total. The molecule has 2 aromatic rings. The molecule has 1 aromatic heterocycles. The number of rotatable bonds is 9. The Bertz CT molecular complexity index is 1160. The summed E-state index contributed by atoms with van der Waals surface area (Å²) < 4.78 is 2.11. The summed E-state index contributed by atoms with van der Waals surface area (Å²) in [5.41, 5.74) is 10.6. The predicted octanol–water partition coefficient (Wildman–Crippen LogP) is 4.78. The minimum atomic E-state index is -1.09. The van der Waals surface area contributed by atoms with Crippen molar-refractivity contribution in [2.75, 3.05) is 0 Å². The zero-order chi connectivity index (χ0) is 22.6. The average molecular weight is 402 g/mol. The van der Waals surface area contributed by atoms with Gasteiger partial charge in [0.05, 0.1) is 5.57 Å². The van der Waals surface area contributed by atoms with Gasteiger partial charge in [0.2, 0.25) is 5.91 Å². The van der Waals surface area contributed by atoms with Crippen LogP contribution < -0.4 is 5.73 Å². The van der Waals surface area contributed by atoms with Gasteiger partial charge in [-0.25, -0.2) is 4.79 Å². The summed E-state index contributed by atoms with van der Waals surface area (Å²) >= 11 is 0. The molecule has 0 fully saturated rings. The Kier molecular flexibility index (Phi) is 6.80. The fourth-order valence-corrected chi connectivity index (χ4v) is 3.17. The maximum Gasteiger partial charge on any atom is 0.336 e. The minimum Gasteiger partial charge on any atom is -0.478 e. The number of carbonyl (C=O) groups excluding carboxylic acids is 1. The number of nitrogens with zero attached hydrogens (tertiary/aromatic N) is 1. The number of carboxylic acids is 1. The lowest BCUT2D eigenvalue weighted by Gasteiger charge is -2.10. The van der Waals surface area contributed by atoms with E-state index in [-0.39, 0.29) is 5.57 Å². The number of fused-ring (bicyclic) bond motifs is 1. The second-order valence-electron chi connectivity index (χ2n) is 7.01. The third-order valence-electron chi connectivity index (χ3n) is 5.03. The van der Waals surface area contributed by atoms with Crippen LogP contribution in [0, 0.1) is 13.8 Å². The van der Waals surface area contributed by atoms with Crippen LogP contribution in [-0.2, 0) is 11.3 Å². The van der Waals surface area contributed by atoms with Gasteiger partial charge in [-0.05, 0) is 60.4 Å². The first-order chi connectivity index (χ1) is 14.1. The lowest BCUT2D eigenvalue weighted by atomic mass is 9.99. The maximum atomic E-state index is 11.5. The number of hydrogen-bond acceptors (Lipinski definition) is 2. The summed E-state index contributed by atoms with van der Waals surface area (Å²) in [6.07, 6.45) is 6.27. The Morgan fingerprint density at radius 1 is 1.17 bits per heavy atom. The molecule has 0 bridgehead atoms. The van der Waals surface area contributed by atoms with Gasteiger partial charge < -0.3 is 15.4 Å². The zero-order valence-electron chi connectivity index (χ0n) is 17.4. The van der Waals surface area contributed by atoms with Gasteiger partial charge >= 0.3 is 5.97 Å². The van der Waals surface area contributed by atoms with Crippen LogP contribution in [0.25, 0.3) is 10.9 Å². The van der Waals surface area contributed by atoms with E-state index in [1.807, 2.05) is 19.9 Å². The number of aliphatic carboxylic acids is 1. The summed E-state index contributed by atoms with van der Waals surface area (Å²) in [6.45, 7) is 19.9. The molecule has 5 heteroatoms. The summed E-state index contributed by atoms with van der Waals surface area (Å²) in [7, 11) is 0. The molecule has 1 heterocycles. The van der Waals surface area contributed by atoms with Crippen molar-refractivity contribution >= 4 is 22.8 Å². The molecule has 0 saturated carbocycles. The van der Waals surface area contributed by atoms with Crippen LogP contribution in [-0.4, -0.2) is 21.6 Å². The van der Waals surface area contributed by atoms with Crippen LogP contribution in [0.4, 0.5) is 0 Å². The number of aromatic nitrogens is 1. The quantitative estimate of drug-likeness (QED) is 0.468. The van der Waals surface area contributed by atoms with Gasteiger partial charge in [0.25, 0.3) is 0 Å². The lowest BCUT2D eigenvalue weighted by Crippen LogP contribution is -2.10. The van der Waals surface area contributed by atoms with Crippen molar-refractivity contribution in [3.63, 3.8) is 0 Å². The van der Waals surface area contributed by atoms with E-state index in [4.69, 9.17) is 5.73 Å². The van der Waals surface area contributed by atoms with Crippen molar-refractivity contribution in [3.8, 4) is 0 Å². The van der Waals surface area contributed by atoms with E-state index in [1.54, 1.807) is 24.3 Å². The van der Waals surface area contributed by atoms with Crippen LogP contribution in [0.15, 0.2) is 91.1 Å². The Morgan fingerprint density at radius 2 is 1.83 bits per heavy atom. The predicted molar refractivity (Wildman–Crippen MR) is 122 cm³/mol. The third kappa shape index (κ3) is 4.58. The second-order valence-corrected chi connectivity index (χ2v) is 7.01. The lowest BCUT2D eigenvalue weighted by molar-refractivity contribution is -0.132. The summed E-state index contributed by atoms with van der Waals surface area (Å²) in [5, 5.41) is 10.3. The molecule has 154 valence electrons. The molecular formula is C25H26N2O3. The standard InChI is InChI=1S/C25H26N2O3/c1-7-8-21(25(29)30)17(4)16(3)10-9-15(2)14-27-19(6)18(5)22-13-20(24(26)28)11-12-23(22)27/h7-13H,1-4,14H2,5-6H3,(H2,26,28)(H,29,30)/b10-9-,21-8+. The van der Waals surface area contributed by atoms with E-state index in [0.29, 0.717) is 23.3 Å². The van der Waals surface area contributed by atoms with Gasteiger partial charge in [-0.2, -0.15) is 0 Å². The molecule has 3 N–H and O–H groups in total. The molecule has 0 radical (unpaired) electrons. The second kappa shape index (κ2) is 9.09. The normalized spacial score (nSPS) is 11.6. The van der Waals surface area contributed by atoms with Crippen molar-refractivity contribution < 1.29 is 14.7 Å². The Balaban J connectivity index is 2.26. The number of benzene rings is 1. The Hall–Kier alpha value is -3.86. The summed E-state index contributed by atoms with van der Waals surface area (Å²) in [4.78, 5) is 22.8. The SMILES string of the molecule is C=C/C=C(\C(=C)C(=C)/C=C\C(=C)Cn1c(C)c(C)c2cc(C(N)=O)ccc21)C(=O)O. The molecular weight excluding hydrogens is 376 g/mol. The van der Waals surface area contributed by atoms with Gasteiger partial charge in [-0.3, -0.25) is 4.79 Å². The number of amides is 1. The molecule has 30 heavy (non-hydrogen) atoms. The largest absolute Gasteiger partial charge is 0.478 e. The molecule has 1 amide bonds. The van der Waals surface area contributed by atoms with Crippen molar-refractivity contribution in [1.29, 1.82) is 0 Å². The van der Waals surface area contributed by atoms with Crippen LogP contribution in [0.5, 0.6) is 0 Å². The van der Waals surface area contributed by atoms with E-state index in [2.05, 4.69) is 30.9 Å². The molecule has 0 aliphatic heterocycles. The third-order valence-corrected chi connectivity index (χ3v) is 5.03. The molecule has 0 saturated heterocycles. The molecule has 0 atom stereocenters. The monoisotopic (exact) mass is 402 g/mol. The molecule has 0 aliphatic carbocycles. The number of carboxylic acid groups (broad SMARTS) is 1. The smallest absolute Gasteiger partial charge is 0.336 e. The van der Waals surface area contributed by atoms with Crippen LogP contribution in [0.3, 0.4) is 0 Å². The fraction of sp³-hybridized carbons (Fsp3) is 0.120. The first-order valence-electron chi connectivity index (χ1n) is 9.28. The number of carbonyl (C=O) groups is 2. The number of aryl methyl sites for hydroxylation is 1. The van der Waals surface area contributed by atoms with Gasteiger partial charge in [0.15, 0.2) is 0 Å². The highest BCUT2D eigenvalue weighted by atomic mass is 16.4. The van der Waals surface area contributed by atoms with Crippen molar-refractivity contribution in [2.24, 2.45) is 5.73 Å². The molecule has 0 unspecified atom stereocenters. The molecule has 0 spiro atoms. The molecule has 0 aliphatic rings.